The fourth-order valence-electron chi connectivity index (χ4n) is 3.62. The Balaban J connectivity index is 1.54. The van der Waals surface area contributed by atoms with Gasteiger partial charge in [0.25, 0.3) is 5.91 Å². The molecule has 0 aliphatic carbocycles. The molecule has 0 fully saturated rings. The molecule has 10 nitrogen and oxygen atoms in total. The van der Waals surface area contributed by atoms with Crippen LogP contribution in [-0.4, -0.2) is 50.8 Å². The Morgan fingerprint density at radius 1 is 1.19 bits per heavy atom. The van der Waals surface area contributed by atoms with Crippen molar-refractivity contribution in [3.63, 3.8) is 0 Å². The summed E-state index contributed by atoms with van der Waals surface area (Å²) in [6.07, 6.45) is 5.31. The molecule has 188 valence electrons. The van der Waals surface area contributed by atoms with Gasteiger partial charge in [0.05, 0.1) is 24.2 Å². The maximum atomic E-state index is 12.9. The Hall–Kier alpha value is -4.05. The number of nitrogens with zero attached hydrogens (tertiary/aromatic N) is 5. The Morgan fingerprint density at radius 2 is 2.00 bits per heavy atom. The van der Waals surface area contributed by atoms with Gasteiger partial charge in [-0.1, -0.05) is 37.2 Å². The number of anilines is 2. The van der Waals surface area contributed by atoms with E-state index in [9.17, 15) is 4.79 Å². The van der Waals surface area contributed by atoms with Gasteiger partial charge in [-0.3, -0.25) is 9.78 Å². The molecule has 3 heterocycles. The third-order valence-corrected chi connectivity index (χ3v) is 5.57. The minimum absolute atomic E-state index is 0.136. The number of methoxy groups -OCH3 is 1. The number of aryl methyl sites for hydroxylation is 1. The van der Waals surface area contributed by atoms with Crippen LogP contribution in [0.5, 0.6) is 0 Å². The van der Waals surface area contributed by atoms with Crippen molar-refractivity contribution in [3.8, 4) is 16.9 Å². The van der Waals surface area contributed by atoms with Gasteiger partial charge in [0, 0.05) is 48.2 Å². The van der Waals surface area contributed by atoms with Crippen molar-refractivity contribution in [3.05, 3.63) is 65.8 Å². The number of aromatic nitrogens is 5. The fraction of sp³-hybridized carbons (Fsp3) is 0.346. The van der Waals surface area contributed by atoms with Gasteiger partial charge in [-0.05, 0) is 37.6 Å². The fourth-order valence-corrected chi connectivity index (χ4v) is 3.62. The number of carbonyl (C=O) groups is 1. The largest absolute Gasteiger partial charge is 0.383 e. The van der Waals surface area contributed by atoms with Gasteiger partial charge in [0.1, 0.15) is 11.5 Å². The molecule has 4 aromatic rings. The van der Waals surface area contributed by atoms with E-state index < -0.39 is 0 Å². The van der Waals surface area contributed by atoms with E-state index in [4.69, 9.17) is 9.26 Å². The van der Waals surface area contributed by atoms with Crippen LogP contribution >= 0.6 is 0 Å². The zero-order valence-electron chi connectivity index (χ0n) is 21.4. The highest BCUT2D eigenvalue weighted by molar-refractivity contribution is 6.04. The molecule has 0 radical (unpaired) electrons. The summed E-state index contributed by atoms with van der Waals surface area (Å²) in [5, 5.41) is 18.7. The molecule has 4 rings (SSSR count). The third-order valence-electron chi connectivity index (χ3n) is 5.57. The Labute approximate surface area is 210 Å². The van der Waals surface area contributed by atoms with E-state index in [1.165, 1.54) is 0 Å². The van der Waals surface area contributed by atoms with Crippen molar-refractivity contribution in [2.24, 2.45) is 0 Å². The molecule has 1 amide bonds. The minimum Gasteiger partial charge on any atom is -0.383 e. The number of pyridine rings is 1. The van der Waals surface area contributed by atoms with E-state index in [1.54, 1.807) is 42.4 Å². The standard InChI is InChI=1S/C26H31N7O3/c1-16-7-8-18(25(34)29-24-11-23(36-31-24)26(3,4)5)10-22(16)33-14-21(30-32-33)19-9-20(13-27-12-19)28-17(2)15-35-6/h7-14,17,28H,15H2,1-6H3,(H,29,31,34). The van der Waals surface area contributed by atoms with Crippen molar-refractivity contribution in [1.29, 1.82) is 0 Å². The molecule has 1 aromatic carbocycles. The lowest BCUT2D eigenvalue weighted by Gasteiger charge is -2.14. The first-order chi connectivity index (χ1) is 17.1. The lowest BCUT2D eigenvalue weighted by molar-refractivity contribution is 0.102. The van der Waals surface area contributed by atoms with E-state index in [0.29, 0.717) is 29.4 Å². The van der Waals surface area contributed by atoms with Crippen LogP contribution in [0.25, 0.3) is 16.9 Å². The summed E-state index contributed by atoms with van der Waals surface area (Å²) in [5.74, 6) is 0.772. The highest BCUT2D eigenvalue weighted by Crippen LogP contribution is 2.25. The highest BCUT2D eigenvalue weighted by Gasteiger charge is 2.21. The summed E-state index contributed by atoms with van der Waals surface area (Å²) in [6.45, 7) is 10.6. The van der Waals surface area contributed by atoms with Crippen LogP contribution < -0.4 is 10.6 Å². The Bertz CT molecular complexity index is 1350. The predicted molar refractivity (Wildman–Crippen MR) is 137 cm³/mol. The first-order valence-corrected chi connectivity index (χ1v) is 11.7. The third kappa shape index (κ3) is 5.77. The van der Waals surface area contributed by atoms with Gasteiger partial charge >= 0.3 is 0 Å². The zero-order chi connectivity index (χ0) is 25.9. The number of hydrogen-bond acceptors (Lipinski definition) is 8. The maximum Gasteiger partial charge on any atom is 0.256 e. The summed E-state index contributed by atoms with van der Waals surface area (Å²) in [6, 6.07) is 9.25. The molecular weight excluding hydrogens is 458 g/mol. The molecule has 1 unspecified atom stereocenters. The molecule has 1 atom stereocenters. The number of carbonyl (C=O) groups excluding carboxylic acids is 1. The average Bonchev–Trinajstić information content (AvgIpc) is 3.50. The predicted octanol–water partition coefficient (Wildman–Crippen LogP) is 4.62. The zero-order valence-corrected chi connectivity index (χ0v) is 21.4. The van der Waals surface area contributed by atoms with Crippen LogP contribution in [0.1, 0.15) is 49.4 Å². The molecule has 0 spiro atoms. The topological polar surface area (TPSA) is 120 Å². The van der Waals surface area contributed by atoms with Gasteiger partial charge in [-0.2, -0.15) is 0 Å². The summed E-state index contributed by atoms with van der Waals surface area (Å²) in [7, 11) is 1.67. The molecule has 3 aromatic heterocycles. The van der Waals surface area contributed by atoms with Crippen molar-refractivity contribution >= 4 is 17.4 Å². The molecular formula is C26H31N7O3. The van der Waals surface area contributed by atoms with Gasteiger partial charge in [0.2, 0.25) is 0 Å². The van der Waals surface area contributed by atoms with E-state index in [0.717, 1.165) is 22.5 Å². The second-order valence-electron chi connectivity index (χ2n) is 9.79. The SMILES string of the molecule is COCC(C)Nc1cncc(-c2cn(-c3cc(C(=O)Nc4cc(C(C)(C)C)on4)ccc3C)nn2)c1. The lowest BCUT2D eigenvalue weighted by atomic mass is 9.93. The van der Waals surface area contributed by atoms with Crippen LogP contribution in [0.2, 0.25) is 0 Å². The van der Waals surface area contributed by atoms with Gasteiger partial charge in [-0.25, -0.2) is 4.68 Å². The summed E-state index contributed by atoms with van der Waals surface area (Å²) in [4.78, 5) is 17.2. The van der Waals surface area contributed by atoms with Crippen molar-refractivity contribution < 1.29 is 14.1 Å². The number of hydrogen-bond donors (Lipinski definition) is 2. The quantitative estimate of drug-likeness (QED) is 0.368. The van der Waals surface area contributed by atoms with Crippen molar-refractivity contribution in [1.82, 2.24) is 25.1 Å². The maximum absolute atomic E-state index is 12.9. The summed E-state index contributed by atoms with van der Waals surface area (Å²) >= 11 is 0. The average molecular weight is 490 g/mol. The molecule has 0 saturated carbocycles. The van der Waals surface area contributed by atoms with Crippen LogP contribution in [0.15, 0.2) is 53.4 Å². The lowest BCUT2D eigenvalue weighted by Crippen LogP contribution is -2.20. The normalized spacial score (nSPS) is 12.4. The van der Waals surface area contributed by atoms with Crippen LogP contribution in [0.4, 0.5) is 11.5 Å². The highest BCUT2D eigenvalue weighted by atomic mass is 16.5. The number of amides is 1. The van der Waals surface area contributed by atoms with Crippen molar-refractivity contribution in [2.45, 2.75) is 46.1 Å². The Kier molecular flexibility index (Phi) is 7.16. The molecule has 0 saturated heterocycles. The Morgan fingerprint density at radius 3 is 2.72 bits per heavy atom. The minimum atomic E-state index is -0.293. The summed E-state index contributed by atoms with van der Waals surface area (Å²) < 4.78 is 12.2. The first kappa shape index (κ1) is 25.1. The van der Waals surface area contributed by atoms with Gasteiger partial charge in [-0.15, -0.1) is 5.10 Å². The van der Waals surface area contributed by atoms with Crippen LogP contribution in [-0.2, 0) is 10.2 Å². The van der Waals surface area contributed by atoms with Gasteiger partial charge in [0.15, 0.2) is 5.82 Å². The number of nitrogens with one attached hydrogen (secondary N) is 2. The second kappa shape index (κ2) is 10.3. The van der Waals surface area contributed by atoms with Crippen LogP contribution in [0.3, 0.4) is 0 Å². The number of ether oxygens (including phenoxy) is 1. The number of rotatable bonds is 8. The number of benzene rings is 1. The molecule has 0 aliphatic rings. The molecule has 10 heteroatoms. The molecule has 0 bridgehead atoms. The van der Waals surface area contributed by atoms with E-state index in [2.05, 4.69) is 31.1 Å². The van der Waals surface area contributed by atoms with E-state index in [1.807, 2.05) is 52.9 Å². The van der Waals surface area contributed by atoms with Crippen LogP contribution in [0, 0.1) is 6.92 Å². The van der Waals surface area contributed by atoms with E-state index >= 15 is 0 Å². The smallest absolute Gasteiger partial charge is 0.256 e. The second-order valence-corrected chi connectivity index (χ2v) is 9.79. The van der Waals surface area contributed by atoms with Crippen molar-refractivity contribution in [2.75, 3.05) is 24.4 Å². The first-order valence-electron chi connectivity index (χ1n) is 11.7. The molecule has 36 heavy (non-hydrogen) atoms. The molecule has 0 aliphatic heterocycles. The van der Waals surface area contributed by atoms with E-state index in [-0.39, 0.29) is 17.4 Å². The molecule has 2 N–H and O–H groups in total. The monoisotopic (exact) mass is 489 g/mol. The van der Waals surface area contributed by atoms with Gasteiger partial charge < -0.3 is 19.9 Å². The summed E-state index contributed by atoms with van der Waals surface area (Å²) in [5.41, 5.74) is 4.30.